The van der Waals surface area contributed by atoms with Crippen molar-refractivity contribution in [2.75, 3.05) is 17.2 Å². The van der Waals surface area contributed by atoms with E-state index in [1.54, 1.807) is 17.6 Å². The van der Waals surface area contributed by atoms with E-state index < -0.39 is 0 Å². The van der Waals surface area contributed by atoms with Crippen LogP contribution in [0.25, 0.3) is 0 Å². The van der Waals surface area contributed by atoms with Crippen molar-refractivity contribution in [3.8, 4) is 0 Å². The molecule has 0 spiro atoms. The van der Waals surface area contributed by atoms with Gasteiger partial charge in [0.1, 0.15) is 5.82 Å². The molecule has 5 nitrogen and oxygen atoms in total. The molecule has 94 valence electrons. The number of hydrogen-bond donors (Lipinski definition) is 2. The SMILES string of the molecule is CCNc1ncc(C(=O)Nc2nccs2)cc1Cl. The Labute approximate surface area is 113 Å². The van der Waals surface area contributed by atoms with Gasteiger partial charge < -0.3 is 5.32 Å². The summed E-state index contributed by atoms with van der Waals surface area (Å²) in [5.41, 5.74) is 0.400. The number of nitrogens with zero attached hydrogens (tertiary/aromatic N) is 2. The van der Waals surface area contributed by atoms with Crippen molar-refractivity contribution in [3.63, 3.8) is 0 Å². The molecule has 2 aromatic heterocycles. The number of carbonyl (C=O) groups excluding carboxylic acids is 1. The molecular formula is C11H11ClN4OS. The Bertz CT molecular complexity index is 544. The van der Waals surface area contributed by atoms with Crippen LogP contribution >= 0.6 is 22.9 Å². The molecule has 0 unspecified atom stereocenters. The number of halogens is 1. The van der Waals surface area contributed by atoms with Crippen LogP contribution in [0.15, 0.2) is 23.8 Å². The molecule has 2 N–H and O–H groups in total. The number of thiazole rings is 1. The minimum atomic E-state index is -0.276. The first-order valence-electron chi connectivity index (χ1n) is 5.31. The fraction of sp³-hybridized carbons (Fsp3) is 0.182. The van der Waals surface area contributed by atoms with Crippen LogP contribution in [0.1, 0.15) is 17.3 Å². The Morgan fingerprint density at radius 1 is 1.50 bits per heavy atom. The molecule has 0 fully saturated rings. The molecule has 2 heterocycles. The van der Waals surface area contributed by atoms with Crippen LogP contribution in [0, 0.1) is 0 Å². The molecule has 7 heteroatoms. The molecule has 1 amide bonds. The van der Waals surface area contributed by atoms with E-state index in [1.165, 1.54) is 17.5 Å². The van der Waals surface area contributed by atoms with Crippen LogP contribution in [0.2, 0.25) is 5.02 Å². The highest BCUT2D eigenvalue weighted by atomic mass is 35.5. The first-order valence-corrected chi connectivity index (χ1v) is 6.56. The lowest BCUT2D eigenvalue weighted by Gasteiger charge is -2.06. The zero-order valence-corrected chi connectivity index (χ0v) is 11.2. The lowest BCUT2D eigenvalue weighted by molar-refractivity contribution is 0.102. The second-order valence-electron chi connectivity index (χ2n) is 3.38. The van der Waals surface area contributed by atoms with E-state index in [4.69, 9.17) is 11.6 Å². The van der Waals surface area contributed by atoms with E-state index in [2.05, 4.69) is 20.6 Å². The molecular weight excluding hydrogens is 272 g/mol. The zero-order chi connectivity index (χ0) is 13.0. The molecule has 0 bridgehead atoms. The quantitative estimate of drug-likeness (QED) is 0.905. The van der Waals surface area contributed by atoms with Crippen molar-refractivity contribution >= 4 is 39.8 Å². The number of aromatic nitrogens is 2. The van der Waals surface area contributed by atoms with E-state index in [0.717, 1.165) is 6.54 Å². The predicted octanol–water partition coefficient (Wildman–Crippen LogP) is 2.88. The maximum atomic E-state index is 11.9. The average molecular weight is 283 g/mol. The van der Waals surface area contributed by atoms with Crippen molar-refractivity contribution in [1.29, 1.82) is 0 Å². The molecule has 0 saturated carbocycles. The van der Waals surface area contributed by atoms with E-state index in [1.807, 2.05) is 6.92 Å². The Morgan fingerprint density at radius 3 is 2.94 bits per heavy atom. The van der Waals surface area contributed by atoms with Gasteiger partial charge in [-0.05, 0) is 13.0 Å². The number of rotatable bonds is 4. The van der Waals surface area contributed by atoms with Gasteiger partial charge in [0.05, 0.1) is 10.6 Å². The van der Waals surface area contributed by atoms with Crippen LogP contribution in [0.4, 0.5) is 10.9 Å². The summed E-state index contributed by atoms with van der Waals surface area (Å²) < 4.78 is 0. The van der Waals surface area contributed by atoms with Gasteiger partial charge in [0.15, 0.2) is 5.13 Å². The highest BCUT2D eigenvalue weighted by Gasteiger charge is 2.10. The van der Waals surface area contributed by atoms with Gasteiger partial charge in [-0.15, -0.1) is 11.3 Å². The van der Waals surface area contributed by atoms with Crippen molar-refractivity contribution < 1.29 is 4.79 Å². The molecule has 0 aromatic carbocycles. The van der Waals surface area contributed by atoms with E-state index in [0.29, 0.717) is 21.5 Å². The fourth-order valence-electron chi connectivity index (χ4n) is 1.31. The smallest absolute Gasteiger partial charge is 0.259 e. The van der Waals surface area contributed by atoms with Gasteiger partial charge in [-0.3, -0.25) is 10.1 Å². The topological polar surface area (TPSA) is 66.9 Å². The summed E-state index contributed by atoms with van der Waals surface area (Å²) in [5, 5.41) is 8.42. The number of hydrogen-bond acceptors (Lipinski definition) is 5. The number of carbonyl (C=O) groups is 1. The van der Waals surface area contributed by atoms with E-state index >= 15 is 0 Å². The van der Waals surface area contributed by atoms with Gasteiger partial charge in [-0.2, -0.15) is 0 Å². The molecule has 0 saturated heterocycles. The summed E-state index contributed by atoms with van der Waals surface area (Å²) in [6.07, 6.45) is 3.10. The summed E-state index contributed by atoms with van der Waals surface area (Å²) in [7, 11) is 0. The minimum Gasteiger partial charge on any atom is -0.369 e. The normalized spacial score (nSPS) is 10.1. The molecule has 0 radical (unpaired) electrons. The zero-order valence-electron chi connectivity index (χ0n) is 9.61. The Balaban J connectivity index is 2.13. The van der Waals surface area contributed by atoms with Crippen LogP contribution in [-0.2, 0) is 0 Å². The molecule has 2 rings (SSSR count). The molecule has 0 aliphatic heterocycles. The molecule has 18 heavy (non-hydrogen) atoms. The summed E-state index contributed by atoms with van der Waals surface area (Å²) >= 11 is 7.37. The van der Waals surface area contributed by atoms with Crippen molar-refractivity contribution in [3.05, 3.63) is 34.4 Å². The summed E-state index contributed by atoms with van der Waals surface area (Å²) in [4.78, 5) is 19.9. The average Bonchev–Trinajstić information content (AvgIpc) is 2.84. The third kappa shape index (κ3) is 2.96. The third-order valence-corrected chi connectivity index (χ3v) is 3.08. The predicted molar refractivity (Wildman–Crippen MR) is 73.5 cm³/mol. The van der Waals surface area contributed by atoms with Gasteiger partial charge in [0.2, 0.25) is 0 Å². The van der Waals surface area contributed by atoms with Crippen LogP contribution in [0.3, 0.4) is 0 Å². The van der Waals surface area contributed by atoms with Gasteiger partial charge in [0, 0.05) is 24.3 Å². The maximum absolute atomic E-state index is 11.9. The van der Waals surface area contributed by atoms with Gasteiger partial charge in [-0.25, -0.2) is 9.97 Å². The number of anilines is 2. The largest absolute Gasteiger partial charge is 0.369 e. The number of nitrogens with one attached hydrogen (secondary N) is 2. The minimum absolute atomic E-state index is 0.276. The molecule has 0 aliphatic rings. The Hall–Kier alpha value is -1.66. The van der Waals surface area contributed by atoms with Crippen LogP contribution in [0.5, 0.6) is 0 Å². The first kappa shape index (κ1) is 12.8. The Kier molecular flexibility index (Phi) is 4.11. The number of amides is 1. The number of pyridine rings is 1. The molecule has 0 atom stereocenters. The summed E-state index contributed by atoms with van der Waals surface area (Å²) in [6.45, 7) is 2.67. The molecule has 2 aromatic rings. The maximum Gasteiger partial charge on any atom is 0.259 e. The first-order chi connectivity index (χ1) is 8.70. The second kappa shape index (κ2) is 5.79. The second-order valence-corrected chi connectivity index (χ2v) is 4.68. The van der Waals surface area contributed by atoms with Gasteiger partial charge in [0.25, 0.3) is 5.91 Å². The van der Waals surface area contributed by atoms with E-state index in [9.17, 15) is 4.79 Å². The standard InChI is InChI=1S/C11H11ClN4OS/c1-2-13-9-8(12)5-7(6-15-9)10(17)16-11-14-3-4-18-11/h3-6H,2H2,1H3,(H,13,15)(H,14,16,17). The van der Waals surface area contributed by atoms with Crippen molar-refractivity contribution in [2.45, 2.75) is 6.92 Å². The van der Waals surface area contributed by atoms with Crippen molar-refractivity contribution in [1.82, 2.24) is 9.97 Å². The Morgan fingerprint density at radius 2 is 2.33 bits per heavy atom. The van der Waals surface area contributed by atoms with Gasteiger partial charge in [-0.1, -0.05) is 11.6 Å². The van der Waals surface area contributed by atoms with Crippen molar-refractivity contribution in [2.24, 2.45) is 0 Å². The van der Waals surface area contributed by atoms with Crippen LogP contribution in [-0.4, -0.2) is 22.4 Å². The highest BCUT2D eigenvalue weighted by Crippen LogP contribution is 2.20. The summed E-state index contributed by atoms with van der Waals surface area (Å²) in [5.74, 6) is 0.298. The molecule has 0 aliphatic carbocycles. The monoisotopic (exact) mass is 282 g/mol. The highest BCUT2D eigenvalue weighted by molar-refractivity contribution is 7.13. The lowest BCUT2D eigenvalue weighted by Crippen LogP contribution is -2.12. The fourth-order valence-corrected chi connectivity index (χ4v) is 2.07. The summed E-state index contributed by atoms with van der Waals surface area (Å²) in [6, 6.07) is 1.58. The van der Waals surface area contributed by atoms with Crippen LogP contribution < -0.4 is 10.6 Å². The van der Waals surface area contributed by atoms with E-state index in [-0.39, 0.29) is 5.91 Å². The third-order valence-electron chi connectivity index (χ3n) is 2.10. The van der Waals surface area contributed by atoms with Gasteiger partial charge >= 0.3 is 0 Å². The lowest BCUT2D eigenvalue weighted by atomic mass is 10.2.